The van der Waals surface area contributed by atoms with Crippen molar-refractivity contribution in [3.05, 3.63) is 0 Å². The molecular formula is C15H30N2O2. The van der Waals surface area contributed by atoms with Crippen LogP contribution in [-0.4, -0.2) is 29.2 Å². The van der Waals surface area contributed by atoms with Gasteiger partial charge in [-0.3, -0.25) is 4.79 Å². The van der Waals surface area contributed by atoms with Crippen molar-refractivity contribution in [3.8, 4) is 0 Å². The second-order valence-corrected chi connectivity index (χ2v) is 7.25. The van der Waals surface area contributed by atoms with Gasteiger partial charge in [0.25, 0.3) is 0 Å². The van der Waals surface area contributed by atoms with Crippen LogP contribution < -0.4 is 11.1 Å². The molecule has 4 nitrogen and oxygen atoms in total. The van der Waals surface area contributed by atoms with E-state index in [1.165, 1.54) is 0 Å². The molecule has 4 N–H and O–H groups in total. The molecule has 0 spiro atoms. The minimum Gasteiger partial charge on any atom is -0.396 e. The van der Waals surface area contributed by atoms with Crippen molar-refractivity contribution < 1.29 is 9.90 Å². The molecule has 0 radical (unpaired) electrons. The number of aliphatic hydroxyl groups is 1. The summed E-state index contributed by atoms with van der Waals surface area (Å²) in [6.45, 7) is 10.4. The minimum atomic E-state index is -0.356. The second kappa shape index (κ2) is 5.80. The normalized spacial score (nSPS) is 31.0. The molecule has 0 aromatic carbocycles. The fourth-order valence-electron chi connectivity index (χ4n) is 3.08. The van der Waals surface area contributed by atoms with Gasteiger partial charge in [-0.2, -0.15) is 0 Å². The Morgan fingerprint density at radius 1 is 1.42 bits per heavy atom. The van der Waals surface area contributed by atoms with Crippen LogP contribution >= 0.6 is 0 Å². The number of nitrogens with two attached hydrogens (primary N) is 1. The first kappa shape index (κ1) is 16.4. The molecular weight excluding hydrogens is 240 g/mol. The molecule has 19 heavy (non-hydrogen) atoms. The zero-order valence-electron chi connectivity index (χ0n) is 13.0. The highest BCUT2D eigenvalue weighted by Crippen LogP contribution is 2.44. The molecule has 0 heterocycles. The van der Waals surface area contributed by atoms with Gasteiger partial charge in [-0.25, -0.2) is 0 Å². The van der Waals surface area contributed by atoms with E-state index in [4.69, 9.17) is 10.8 Å². The summed E-state index contributed by atoms with van der Waals surface area (Å²) < 4.78 is 0. The number of carbonyl (C=O) groups is 1. The summed E-state index contributed by atoms with van der Waals surface area (Å²) in [6.07, 6.45) is 2.32. The lowest BCUT2D eigenvalue weighted by molar-refractivity contribution is -0.134. The highest BCUT2D eigenvalue weighted by molar-refractivity contribution is 5.80. The van der Waals surface area contributed by atoms with E-state index >= 15 is 0 Å². The average molecular weight is 270 g/mol. The van der Waals surface area contributed by atoms with Crippen molar-refractivity contribution in [2.75, 3.05) is 6.61 Å². The number of rotatable bonds is 4. The van der Waals surface area contributed by atoms with Gasteiger partial charge in [0.2, 0.25) is 5.91 Å². The molecule has 1 rings (SSSR count). The Morgan fingerprint density at radius 3 is 2.53 bits per heavy atom. The van der Waals surface area contributed by atoms with Gasteiger partial charge >= 0.3 is 0 Å². The van der Waals surface area contributed by atoms with Crippen LogP contribution in [0.25, 0.3) is 0 Å². The Bertz CT molecular complexity index is 326. The van der Waals surface area contributed by atoms with Crippen LogP contribution in [0.1, 0.15) is 53.9 Å². The van der Waals surface area contributed by atoms with Gasteiger partial charge in [-0.05, 0) is 44.4 Å². The Morgan fingerprint density at radius 2 is 2.00 bits per heavy atom. The highest BCUT2D eigenvalue weighted by Gasteiger charge is 2.45. The monoisotopic (exact) mass is 270 g/mol. The SMILES string of the molecule is CC1C(N)CCC(C(=O)NC(C)(C)CCO)C1(C)C. The summed E-state index contributed by atoms with van der Waals surface area (Å²) in [4.78, 5) is 12.5. The van der Waals surface area contributed by atoms with Crippen LogP contribution in [-0.2, 0) is 4.79 Å². The number of nitrogens with one attached hydrogen (secondary N) is 1. The summed E-state index contributed by atoms with van der Waals surface area (Å²) in [5.74, 6) is 0.431. The molecule has 3 atom stereocenters. The molecule has 0 aliphatic heterocycles. The molecule has 1 aliphatic carbocycles. The molecule has 0 bridgehead atoms. The van der Waals surface area contributed by atoms with Gasteiger partial charge in [-0.1, -0.05) is 20.8 Å². The minimum absolute atomic E-state index is 0.000248. The molecule has 0 aromatic rings. The highest BCUT2D eigenvalue weighted by atomic mass is 16.3. The van der Waals surface area contributed by atoms with Gasteiger partial charge < -0.3 is 16.2 Å². The van der Waals surface area contributed by atoms with Crippen LogP contribution in [0, 0.1) is 17.3 Å². The van der Waals surface area contributed by atoms with Crippen LogP contribution in [0.2, 0.25) is 0 Å². The average Bonchev–Trinajstić information content (AvgIpc) is 2.24. The van der Waals surface area contributed by atoms with E-state index in [0.29, 0.717) is 12.3 Å². The maximum absolute atomic E-state index is 12.5. The van der Waals surface area contributed by atoms with E-state index in [1.807, 2.05) is 13.8 Å². The van der Waals surface area contributed by atoms with Gasteiger partial charge in [0, 0.05) is 24.1 Å². The molecule has 1 amide bonds. The standard InChI is InChI=1S/C15H30N2O2/c1-10-12(16)7-6-11(15(10,4)5)13(19)17-14(2,3)8-9-18/h10-12,18H,6-9,16H2,1-5H3,(H,17,19). The maximum atomic E-state index is 12.5. The lowest BCUT2D eigenvalue weighted by atomic mass is 9.61. The number of amides is 1. The third kappa shape index (κ3) is 3.69. The van der Waals surface area contributed by atoms with E-state index < -0.39 is 0 Å². The Hall–Kier alpha value is -0.610. The second-order valence-electron chi connectivity index (χ2n) is 7.25. The van der Waals surface area contributed by atoms with Crippen LogP contribution in [0.15, 0.2) is 0 Å². The molecule has 0 saturated heterocycles. The van der Waals surface area contributed by atoms with Crippen LogP contribution in [0.5, 0.6) is 0 Å². The lowest BCUT2D eigenvalue weighted by Crippen LogP contribution is -2.55. The predicted octanol–water partition coefficient (Wildman–Crippen LogP) is 1.66. The van der Waals surface area contributed by atoms with E-state index in [2.05, 4.69) is 26.1 Å². The smallest absolute Gasteiger partial charge is 0.224 e. The number of hydrogen-bond donors (Lipinski definition) is 3. The first-order valence-corrected chi connectivity index (χ1v) is 7.30. The first-order chi connectivity index (χ1) is 8.62. The summed E-state index contributed by atoms with van der Waals surface area (Å²) >= 11 is 0. The summed E-state index contributed by atoms with van der Waals surface area (Å²) in [7, 11) is 0. The number of hydrogen-bond acceptors (Lipinski definition) is 3. The summed E-state index contributed by atoms with van der Waals surface area (Å²) in [5, 5.41) is 12.1. The third-order valence-electron chi connectivity index (χ3n) is 5.02. The fraction of sp³-hybridized carbons (Fsp3) is 0.933. The Labute approximate surface area is 117 Å². The van der Waals surface area contributed by atoms with Gasteiger partial charge in [0.05, 0.1) is 0 Å². The van der Waals surface area contributed by atoms with Gasteiger partial charge in [0.15, 0.2) is 0 Å². The van der Waals surface area contributed by atoms with E-state index in [1.54, 1.807) is 0 Å². The molecule has 1 saturated carbocycles. The Balaban J connectivity index is 2.77. The van der Waals surface area contributed by atoms with Gasteiger partial charge in [0.1, 0.15) is 0 Å². The number of aliphatic hydroxyl groups excluding tert-OH is 1. The van der Waals surface area contributed by atoms with E-state index in [0.717, 1.165) is 12.8 Å². The maximum Gasteiger partial charge on any atom is 0.224 e. The van der Waals surface area contributed by atoms with Crippen molar-refractivity contribution in [1.82, 2.24) is 5.32 Å². The topological polar surface area (TPSA) is 75.4 Å². The third-order valence-corrected chi connectivity index (χ3v) is 5.02. The lowest BCUT2D eigenvalue weighted by Gasteiger charge is -2.46. The molecule has 1 aliphatic rings. The number of carbonyl (C=O) groups excluding carboxylic acids is 1. The van der Waals surface area contributed by atoms with Crippen molar-refractivity contribution >= 4 is 5.91 Å². The predicted molar refractivity (Wildman–Crippen MR) is 77.6 cm³/mol. The van der Waals surface area contributed by atoms with Gasteiger partial charge in [-0.15, -0.1) is 0 Å². The van der Waals surface area contributed by atoms with Crippen molar-refractivity contribution in [2.24, 2.45) is 23.0 Å². The molecule has 3 unspecified atom stereocenters. The molecule has 4 heteroatoms. The van der Waals surface area contributed by atoms with Crippen molar-refractivity contribution in [3.63, 3.8) is 0 Å². The molecule has 112 valence electrons. The zero-order chi connectivity index (χ0) is 14.8. The van der Waals surface area contributed by atoms with E-state index in [9.17, 15) is 4.79 Å². The summed E-state index contributed by atoms with van der Waals surface area (Å²) in [5.41, 5.74) is 5.68. The zero-order valence-corrected chi connectivity index (χ0v) is 13.0. The summed E-state index contributed by atoms with van der Waals surface area (Å²) in [6, 6.07) is 0.185. The van der Waals surface area contributed by atoms with Crippen LogP contribution in [0.3, 0.4) is 0 Å². The largest absolute Gasteiger partial charge is 0.396 e. The quantitative estimate of drug-likeness (QED) is 0.727. The van der Waals surface area contributed by atoms with Crippen molar-refractivity contribution in [1.29, 1.82) is 0 Å². The Kier molecular flexibility index (Phi) is 5.02. The fourth-order valence-corrected chi connectivity index (χ4v) is 3.08. The molecule has 0 aromatic heterocycles. The van der Waals surface area contributed by atoms with E-state index in [-0.39, 0.29) is 35.4 Å². The molecule has 1 fully saturated rings. The van der Waals surface area contributed by atoms with Crippen LogP contribution in [0.4, 0.5) is 0 Å². The van der Waals surface area contributed by atoms with Crippen molar-refractivity contribution in [2.45, 2.75) is 65.5 Å². The first-order valence-electron chi connectivity index (χ1n) is 7.30.